The summed E-state index contributed by atoms with van der Waals surface area (Å²) in [4.78, 5) is 4.66. The third kappa shape index (κ3) is 2.89. The fourth-order valence-corrected chi connectivity index (χ4v) is 2.10. The fourth-order valence-electron chi connectivity index (χ4n) is 2.10. The van der Waals surface area contributed by atoms with Gasteiger partial charge in [0, 0.05) is 19.7 Å². The molecule has 0 bridgehead atoms. The van der Waals surface area contributed by atoms with Crippen LogP contribution in [-0.4, -0.2) is 29.3 Å². The summed E-state index contributed by atoms with van der Waals surface area (Å²) < 4.78 is 7.55. The van der Waals surface area contributed by atoms with Crippen LogP contribution in [0.1, 0.15) is 19.7 Å². The van der Waals surface area contributed by atoms with Crippen molar-refractivity contribution in [2.24, 2.45) is 0 Å². The molecule has 1 heterocycles. The number of hydrogen-bond acceptors (Lipinski definition) is 3. The maximum absolute atomic E-state index is 5.30. The summed E-state index contributed by atoms with van der Waals surface area (Å²) in [5.41, 5.74) is 2.28. The molecule has 2 rings (SSSR count). The van der Waals surface area contributed by atoms with E-state index in [1.807, 2.05) is 13.0 Å². The molecule has 4 heteroatoms. The molecular weight excluding hydrogens is 226 g/mol. The van der Waals surface area contributed by atoms with Crippen LogP contribution >= 0.6 is 0 Å². The lowest BCUT2D eigenvalue weighted by molar-refractivity contribution is 0.149. The van der Waals surface area contributed by atoms with Gasteiger partial charge in [-0.15, -0.1) is 0 Å². The Morgan fingerprint density at radius 3 is 2.89 bits per heavy atom. The Morgan fingerprint density at radius 1 is 1.28 bits per heavy atom. The topological polar surface area (TPSA) is 39.1 Å². The molecule has 0 saturated heterocycles. The van der Waals surface area contributed by atoms with Crippen LogP contribution in [0.2, 0.25) is 0 Å². The second-order valence-corrected chi connectivity index (χ2v) is 4.13. The molecule has 0 aliphatic heterocycles. The number of benzene rings is 1. The van der Waals surface area contributed by atoms with Crippen LogP contribution in [-0.2, 0) is 17.8 Å². The van der Waals surface area contributed by atoms with Gasteiger partial charge in [0.1, 0.15) is 5.82 Å². The fraction of sp³-hybridized carbons (Fsp3) is 0.500. The maximum atomic E-state index is 5.30. The van der Waals surface area contributed by atoms with Gasteiger partial charge in [-0.2, -0.15) is 0 Å². The van der Waals surface area contributed by atoms with E-state index in [4.69, 9.17) is 4.74 Å². The van der Waals surface area contributed by atoms with E-state index in [1.165, 1.54) is 5.52 Å². The summed E-state index contributed by atoms with van der Waals surface area (Å²) in [5.74, 6) is 1.09. The molecular formula is C14H21N3O. The van der Waals surface area contributed by atoms with E-state index in [0.29, 0.717) is 0 Å². The Labute approximate surface area is 108 Å². The van der Waals surface area contributed by atoms with Crippen molar-refractivity contribution in [2.45, 2.75) is 26.9 Å². The lowest BCUT2D eigenvalue weighted by Crippen LogP contribution is -2.21. The zero-order chi connectivity index (χ0) is 12.8. The van der Waals surface area contributed by atoms with E-state index in [-0.39, 0.29) is 0 Å². The van der Waals surface area contributed by atoms with E-state index >= 15 is 0 Å². The van der Waals surface area contributed by atoms with E-state index in [2.05, 4.69) is 40.0 Å². The van der Waals surface area contributed by atoms with Crippen molar-refractivity contribution < 1.29 is 4.74 Å². The monoisotopic (exact) mass is 247 g/mol. The Kier molecular flexibility index (Phi) is 4.73. The summed E-state index contributed by atoms with van der Waals surface area (Å²) in [7, 11) is 0. The predicted molar refractivity (Wildman–Crippen MR) is 73.6 cm³/mol. The molecule has 0 spiro atoms. The van der Waals surface area contributed by atoms with Crippen molar-refractivity contribution in [1.29, 1.82) is 0 Å². The lowest BCUT2D eigenvalue weighted by Gasteiger charge is -2.07. The number of rotatable bonds is 7. The summed E-state index contributed by atoms with van der Waals surface area (Å²) in [6.45, 7) is 8.28. The van der Waals surface area contributed by atoms with E-state index in [9.17, 15) is 0 Å². The highest BCUT2D eigenvalue weighted by Crippen LogP contribution is 2.15. The van der Waals surface area contributed by atoms with Crippen molar-refractivity contribution in [2.75, 3.05) is 19.8 Å². The maximum Gasteiger partial charge on any atom is 0.123 e. The second kappa shape index (κ2) is 6.52. The van der Waals surface area contributed by atoms with Crippen LogP contribution in [0.4, 0.5) is 0 Å². The molecule has 0 radical (unpaired) electrons. The molecule has 1 N–H and O–H groups in total. The minimum Gasteiger partial charge on any atom is -0.380 e. The summed E-state index contributed by atoms with van der Waals surface area (Å²) in [6, 6.07) is 8.27. The van der Waals surface area contributed by atoms with Gasteiger partial charge in [-0.1, -0.05) is 12.1 Å². The largest absolute Gasteiger partial charge is 0.380 e. The van der Waals surface area contributed by atoms with Crippen LogP contribution in [0, 0.1) is 0 Å². The number of aromatic nitrogens is 2. The van der Waals surface area contributed by atoms with Gasteiger partial charge < -0.3 is 14.6 Å². The summed E-state index contributed by atoms with van der Waals surface area (Å²) >= 11 is 0. The smallest absolute Gasteiger partial charge is 0.123 e. The number of fused-ring (bicyclic) bond motifs is 1. The van der Waals surface area contributed by atoms with E-state index in [0.717, 1.165) is 44.2 Å². The van der Waals surface area contributed by atoms with Gasteiger partial charge in [-0.25, -0.2) is 4.98 Å². The lowest BCUT2D eigenvalue weighted by atomic mass is 10.3. The Bertz CT molecular complexity index is 493. The molecule has 2 aromatic rings. The number of nitrogens with zero attached hydrogens (tertiary/aromatic N) is 2. The summed E-state index contributed by atoms with van der Waals surface area (Å²) in [5, 5.41) is 3.36. The van der Waals surface area contributed by atoms with Crippen molar-refractivity contribution in [3.8, 4) is 0 Å². The van der Waals surface area contributed by atoms with Gasteiger partial charge in [0.2, 0.25) is 0 Å². The first-order chi connectivity index (χ1) is 8.86. The van der Waals surface area contributed by atoms with Crippen molar-refractivity contribution in [3.05, 3.63) is 30.1 Å². The molecule has 0 amide bonds. The zero-order valence-corrected chi connectivity index (χ0v) is 11.1. The number of aryl methyl sites for hydroxylation is 1. The Balaban J connectivity index is 2.03. The van der Waals surface area contributed by atoms with Crippen molar-refractivity contribution in [1.82, 2.24) is 14.9 Å². The standard InChI is InChI=1S/C14H21N3O/c1-3-17-13-8-6-5-7-12(13)16-14(17)11-15-9-10-18-4-2/h5-8,15H,3-4,9-11H2,1-2H3. The molecule has 0 unspecified atom stereocenters. The van der Waals surface area contributed by atoms with Crippen LogP contribution in [0.5, 0.6) is 0 Å². The first-order valence-corrected chi connectivity index (χ1v) is 6.59. The molecule has 0 saturated carbocycles. The molecule has 0 atom stereocenters. The van der Waals surface area contributed by atoms with Gasteiger partial charge in [-0.05, 0) is 26.0 Å². The Morgan fingerprint density at radius 2 is 2.11 bits per heavy atom. The van der Waals surface area contributed by atoms with Crippen LogP contribution in [0.25, 0.3) is 11.0 Å². The predicted octanol–water partition coefficient (Wildman–Crippen LogP) is 2.18. The average Bonchev–Trinajstić information content (AvgIpc) is 2.76. The van der Waals surface area contributed by atoms with Crippen LogP contribution < -0.4 is 5.32 Å². The van der Waals surface area contributed by atoms with Gasteiger partial charge in [0.25, 0.3) is 0 Å². The van der Waals surface area contributed by atoms with Crippen LogP contribution in [0.3, 0.4) is 0 Å². The van der Waals surface area contributed by atoms with Crippen molar-refractivity contribution >= 4 is 11.0 Å². The second-order valence-electron chi connectivity index (χ2n) is 4.13. The number of para-hydroxylation sites is 2. The number of imidazole rings is 1. The molecule has 1 aromatic carbocycles. The minimum atomic E-state index is 0.753. The van der Waals surface area contributed by atoms with Gasteiger partial charge in [0.05, 0.1) is 24.2 Å². The van der Waals surface area contributed by atoms with Gasteiger partial charge in [0.15, 0.2) is 0 Å². The van der Waals surface area contributed by atoms with Gasteiger partial charge in [-0.3, -0.25) is 0 Å². The SMILES string of the molecule is CCOCCNCc1nc2ccccc2n1CC. The third-order valence-electron chi connectivity index (χ3n) is 2.96. The average molecular weight is 247 g/mol. The van der Waals surface area contributed by atoms with Gasteiger partial charge >= 0.3 is 0 Å². The first-order valence-electron chi connectivity index (χ1n) is 6.59. The quantitative estimate of drug-likeness (QED) is 0.762. The highest BCUT2D eigenvalue weighted by molar-refractivity contribution is 5.75. The molecule has 18 heavy (non-hydrogen) atoms. The summed E-state index contributed by atoms with van der Waals surface area (Å²) in [6.07, 6.45) is 0. The first kappa shape index (κ1) is 13.1. The highest BCUT2D eigenvalue weighted by atomic mass is 16.5. The highest BCUT2D eigenvalue weighted by Gasteiger charge is 2.07. The van der Waals surface area contributed by atoms with Crippen LogP contribution in [0.15, 0.2) is 24.3 Å². The zero-order valence-electron chi connectivity index (χ0n) is 11.1. The number of ether oxygens (including phenoxy) is 1. The molecule has 0 aliphatic carbocycles. The third-order valence-corrected chi connectivity index (χ3v) is 2.96. The number of hydrogen-bond donors (Lipinski definition) is 1. The van der Waals surface area contributed by atoms with E-state index in [1.54, 1.807) is 0 Å². The molecule has 4 nitrogen and oxygen atoms in total. The van der Waals surface area contributed by atoms with Crippen molar-refractivity contribution in [3.63, 3.8) is 0 Å². The Hall–Kier alpha value is -1.39. The van der Waals surface area contributed by atoms with E-state index < -0.39 is 0 Å². The number of nitrogens with one attached hydrogen (secondary N) is 1. The molecule has 0 aliphatic rings. The molecule has 1 aromatic heterocycles. The normalized spacial score (nSPS) is 11.2. The molecule has 0 fully saturated rings. The molecule has 98 valence electrons. The minimum absolute atomic E-state index is 0.753.